The number of nitrogens with one attached hydrogen (secondary N) is 2. The smallest absolute Gasteiger partial charge is 0.220 e. The van der Waals surface area contributed by atoms with Crippen LogP contribution in [0.5, 0.6) is 0 Å². The van der Waals surface area contributed by atoms with Crippen molar-refractivity contribution in [2.24, 2.45) is 55.2 Å². The summed E-state index contributed by atoms with van der Waals surface area (Å²) < 4.78 is 27.5. The molecule has 1 amide bonds. The first-order valence-corrected chi connectivity index (χ1v) is 28.0. The van der Waals surface area contributed by atoms with Gasteiger partial charge in [-0.25, -0.2) is 13.1 Å². The Morgan fingerprint density at radius 2 is 0.942 bits per heavy atom. The number of sulfonamides is 1. The summed E-state index contributed by atoms with van der Waals surface area (Å²) >= 11 is 0. The van der Waals surface area contributed by atoms with Gasteiger partial charge in [-0.1, -0.05) is 90.8 Å². The first kappa shape index (κ1) is 50.2. The molecule has 0 radical (unpaired) electrons. The van der Waals surface area contributed by atoms with Crippen molar-refractivity contribution in [2.75, 3.05) is 6.26 Å². The molecular formula is C59H82N2O7S. The van der Waals surface area contributed by atoms with Gasteiger partial charge in [0.25, 0.3) is 0 Å². The van der Waals surface area contributed by atoms with Crippen LogP contribution in [0.2, 0.25) is 0 Å². The van der Waals surface area contributed by atoms with E-state index in [9.17, 15) is 33.0 Å². The van der Waals surface area contributed by atoms with Crippen LogP contribution in [-0.4, -0.2) is 53.4 Å². The molecule has 0 aliphatic heterocycles. The zero-order chi connectivity index (χ0) is 50.7. The number of rotatable bonds is 3. The quantitative estimate of drug-likeness (QED) is 0.220. The van der Waals surface area contributed by atoms with E-state index in [4.69, 9.17) is 0 Å². The summed E-state index contributed by atoms with van der Waals surface area (Å²) in [4.78, 5) is 37.3. The number of aliphatic hydroxyl groups is 2. The Bertz CT molecular complexity index is 2750. The van der Waals surface area contributed by atoms with Crippen molar-refractivity contribution in [1.29, 1.82) is 0 Å². The minimum atomic E-state index is -3.29. The summed E-state index contributed by atoms with van der Waals surface area (Å²) in [6.45, 7) is 29.1. The Balaban J connectivity index is 0.000000172. The van der Waals surface area contributed by atoms with Gasteiger partial charge >= 0.3 is 0 Å². The average molecular weight is 963 g/mol. The molecule has 10 aliphatic carbocycles. The van der Waals surface area contributed by atoms with Gasteiger partial charge in [-0.2, -0.15) is 0 Å². The van der Waals surface area contributed by atoms with Crippen molar-refractivity contribution in [3.63, 3.8) is 0 Å². The van der Waals surface area contributed by atoms with E-state index in [-0.39, 0.29) is 72.4 Å². The molecule has 0 bridgehead atoms. The van der Waals surface area contributed by atoms with Gasteiger partial charge in [0.05, 0.1) is 6.26 Å². The Labute approximate surface area is 413 Å². The molecule has 69 heavy (non-hydrogen) atoms. The van der Waals surface area contributed by atoms with Gasteiger partial charge in [0, 0.05) is 40.0 Å². The highest BCUT2D eigenvalue weighted by Gasteiger charge is 2.69. The minimum Gasteiger partial charge on any atom is -0.504 e. The number of ketones is 2. The number of hydrogen-bond acceptors (Lipinski definition) is 7. The molecular weight excluding hydrogens is 881 g/mol. The van der Waals surface area contributed by atoms with Crippen molar-refractivity contribution in [2.45, 2.75) is 191 Å². The number of carbonyl (C=O) groups is 3. The molecule has 0 spiro atoms. The van der Waals surface area contributed by atoms with Crippen molar-refractivity contribution in [1.82, 2.24) is 10.0 Å². The largest absolute Gasteiger partial charge is 0.504 e. The predicted molar refractivity (Wildman–Crippen MR) is 274 cm³/mol. The van der Waals surface area contributed by atoms with Crippen molar-refractivity contribution >= 4 is 27.5 Å². The van der Waals surface area contributed by atoms with Gasteiger partial charge < -0.3 is 15.5 Å². The molecule has 12 atom stereocenters. The number of fused-ring (bicyclic) bond motifs is 14. The van der Waals surface area contributed by atoms with E-state index in [0.717, 1.165) is 106 Å². The van der Waals surface area contributed by atoms with Crippen LogP contribution in [-0.2, 0) is 24.4 Å². The molecule has 4 N–H and O–H groups in total. The molecule has 0 aromatic heterocycles. The minimum absolute atomic E-state index is 0.0156. The maximum Gasteiger partial charge on any atom is 0.220 e. The molecule has 0 heterocycles. The van der Waals surface area contributed by atoms with Crippen LogP contribution < -0.4 is 10.0 Å². The van der Waals surface area contributed by atoms with E-state index < -0.39 is 15.6 Å². The van der Waals surface area contributed by atoms with E-state index in [1.54, 1.807) is 19.1 Å². The van der Waals surface area contributed by atoms with E-state index in [1.165, 1.54) is 23.8 Å². The van der Waals surface area contributed by atoms with Crippen LogP contribution in [0, 0.1) is 55.2 Å². The Morgan fingerprint density at radius 1 is 0.565 bits per heavy atom. The number of carbonyl (C=O) groups excluding carboxylic acids is 3. The standard InChI is InChI=1S/C30H41NO3.C29H41NO4S/c1-18-20-8-9-23-28(5,21(20)16-22(33)25(18)34)13-15-30(7)24-17-27(4,31-19(2)32)12-10-26(24,3)11-14-29(23,30)6;1-18-19-8-9-22-27(4,20(19)16-21(31)24(18)32)13-15-29(6)23-17-26(3,30-35(7,33)34)12-10-25(23,2)11-14-28(22,29)5/h8-9,16,24,34H,10-15,17H2,1-7H3,(H,31,32);8-9,16,23,30,32H,10-15,17H2,1-7H3/t24-,26-,27-,28+,29-,30+;23-,25-,26-,27+,28-,29+/m11/s1. The van der Waals surface area contributed by atoms with Crippen LogP contribution in [0.1, 0.15) is 180 Å². The van der Waals surface area contributed by atoms with Crippen LogP contribution >= 0.6 is 0 Å². The fourth-order valence-corrected chi connectivity index (χ4v) is 19.1. The van der Waals surface area contributed by atoms with E-state index >= 15 is 0 Å². The van der Waals surface area contributed by atoms with Gasteiger partial charge in [0.2, 0.25) is 27.5 Å². The molecule has 376 valence electrons. The monoisotopic (exact) mass is 963 g/mol. The summed E-state index contributed by atoms with van der Waals surface area (Å²) in [5.74, 6) is 0.176. The molecule has 10 heteroatoms. The molecule has 10 aliphatic rings. The number of hydrogen-bond donors (Lipinski definition) is 4. The number of allylic oxidation sites excluding steroid dienone is 14. The van der Waals surface area contributed by atoms with Crippen LogP contribution in [0.25, 0.3) is 0 Å². The molecule has 6 saturated carbocycles. The molecule has 9 nitrogen and oxygen atoms in total. The fourth-order valence-electron chi connectivity index (χ4n) is 18.0. The zero-order valence-electron chi connectivity index (χ0n) is 44.4. The lowest BCUT2D eigenvalue weighted by molar-refractivity contribution is -0.156. The Hall–Kier alpha value is -3.76. The lowest BCUT2D eigenvalue weighted by atomic mass is 9.35. The van der Waals surface area contributed by atoms with Gasteiger partial charge in [-0.15, -0.1) is 0 Å². The van der Waals surface area contributed by atoms with Gasteiger partial charge in [-0.05, 0) is 196 Å². The summed E-state index contributed by atoms with van der Waals surface area (Å²) in [6, 6.07) is 0. The van der Waals surface area contributed by atoms with E-state index in [1.807, 2.05) is 13.8 Å². The lowest BCUT2D eigenvalue weighted by Gasteiger charge is -2.70. The highest BCUT2D eigenvalue weighted by molar-refractivity contribution is 7.88. The predicted octanol–water partition coefficient (Wildman–Crippen LogP) is 12.4. The first-order valence-electron chi connectivity index (χ1n) is 26.2. The second-order valence-corrected chi connectivity index (χ2v) is 28.5. The first-order chi connectivity index (χ1) is 31.7. The van der Waals surface area contributed by atoms with Gasteiger partial charge in [0.1, 0.15) is 0 Å². The Kier molecular flexibility index (Phi) is 11.2. The average Bonchev–Trinajstić information content (AvgIpc) is 3.25. The maximum atomic E-state index is 12.6. The zero-order valence-corrected chi connectivity index (χ0v) is 45.2. The van der Waals surface area contributed by atoms with Crippen LogP contribution in [0.3, 0.4) is 0 Å². The summed E-state index contributed by atoms with van der Waals surface area (Å²) in [7, 11) is -3.29. The summed E-state index contributed by atoms with van der Waals surface area (Å²) in [6.07, 6.45) is 28.1. The molecule has 0 aromatic rings. The van der Waals surface area contributed by atoms with E-state index in [2.05, 4.69) is 104 Å². The lowest BCUT2D eigenvalue weighted by Crippen LogP contribution is -2.64. The normalized spacial score (nSPS) is 45.5. The summed E-state index contributed by atoms with van der Waals surface area (Å²) in [5, 5.41) is 23.9. The maximum absolute atomic E-state index is 12.6. The van der Waals surface area contributed by atoms with Gasteiger partial charge in [-0.3, -0.25) is 14.4 Å². The molecule has 6 fully saturated rings. The van der Waals surface area contributed by atoms with E-state index in [0.29, 0.717) is 28.4 Å². The van der Waals surface area contributed by atoms with Crippen LogP contribution in [0.4, 0.5) is 0 Å². The number of amides is 1. The third kappa shape index (κ3) is 7.10. The highest BCUT2D eigenvalue weighted by Crippen LogP contribution is 2.77. The van der Waals surface area contributed by atoms with Crippen molar-refractivity contribution in [3.8, 4) is 0 Å². The fraction of sp³-hybridized carbons (Fsp3) is 0.678. The molecule has 0 aromatic carbocycles. The van der Waals surface area contributed by atoms with Crippen molar-refractivity contribution in [3.05, 3.63) is 92.6 Å². The second kappa shape index (κ2) is 15.4. The van der Waals surface area contributed by atoms with Crippen LogP contribution in [0.15, 0.2) is 92.6 Å². The highest BCUT2D eigenvalue weighted by atomic mass is 32.2. The topological polar surface area (TPSA) is 150 Å². The second-order valence-electron chi connectivity index (χ2n) is 26.8. The third-order valence-corrected chi connectivity index (χ3v) is 23.5. The molecule has 0 unspecified atom stereocenters. The molecule has 10 rings (SSSR count). The SMILES string of the molecule is CC(=O)N[C@]1(C)CC[C@]2(C)CC[C@]3(C)C4=CC=C5C(=CC(=O)C(O)=C5C)[C@]4(C)CC[C@@]3(C)[C@@H]2C1.CC1=C(O)C(=O)C=C2C1=CC=C1[C@@]2(C)CC[C@@]2(C)[C@@H]3C[C@](C)(NS(C)(=O)=O)CC[C@]3(C)CC[C@]12C. The number of aliphatic hydroxyl groups excluding tert-OH is 2. The summed E-state index contributed by atoms with van der Waals surface area (Å²) in [5.41, 5.74) is 7.96. The molecule has 0 saturated heterocycles. The third-order valence-electron chi connectivity index (χ3n) is 22.7. The Morgan fingerprint density at radius 3 is 1.33 bits per heavy atom. The van der Waals surface area contributed by atoms with Gasteiger partial charge in [0.15, 0.2) is 11.5 Å². The van der Waals surface area contributed by atoms with Crippen molar-refractivity contribution < 1.29 is 33.0 Å².